The minimum Gasteiger partial charge on any atom is -0.378 e. The predicted molar refractivity (Wildman–Crippen MR) is 135 cm³/mol. The van der Waals surface area contributed by atoms with E-state index < -0.39 is 0 Å². The standard InChI is InChI=1S/C28H26N4O3/c1-20-6-5-7-22(18-20)26-25(19-32(30-26)24-8-3-2-4-9-24)27(33)29-23-12-10-21(11-13-23)28(34)31-14-16-35-17-15-31/h2-13,18-19H,14-17H2,1H3,(H,29,33). The summed E-state index contributed by atoms with van der Waals surface area (Å²) < 4.78 is 7.04. The Hall–Kier alpha value is -4.23. The van der Waals surface area contributed by atoms with Crippen molar-refractivity contribution in [3.8, 4) is 16.9 Å². The van der Waals surface area contributed by atoms with Crippen LogP contribution in [0, 0.1) is 6.92 Å². The Balaban J connectivity index is 1.40. The molecule has 0 radical (unpaired) electrons. The van der Waals surface area contributed by atoms with E-state index in [2.05, 4.69) is 5.32 Å². The molecular formula is C28H26N4O3. The van der Waals surface area contributed by atoms with Gasteiger partial charge in [-0.2, -0.15) is 5.10 Å². The van der Waals surface area contributed by atoms with E-state index in [-0.39, 0.29) is 11.8 Å². The molecule has 1 N–H and O–H groups in total. The summed E-state index contributed by atoms with van der Waals surface area (Å²) in [5.74, 6) is -0.298. The van der Waals surface area contributed by atoms with Crippen LogP contribution in [0.3, 0.4) is 0 Å². The summed E-state index contributed by atoms with van der Waals surface area (Å²) in [6, 6.07) is 24.6. The SMILES string of the molecule is Cc1cccc(-c2nn(-c3ccccc3)cc2C(=O)Nc2ccc(C(=O)N3CCOCC3)cc2)c1. The Bertz CT molecular complexity index is 1340. The van der Waals surface area contributed by atoms with Crippen LogP contribution >= 0.6 is 0 Å². The molecule has 1 saturated heterocycles. The Morgan fingerprint density at radius 2 is 1.66 bits per heavy atom. The van der Waals surface area contributed by atoms with Crippen molar-refractivity contribution in [2.75, 3.05) is 31.6 Å². The minimum atomic E-state index is -0.268. The molecule has 0 spiro atoms. The van der Waals surface area contributed by atoms with Crippen molar-refractivity contribution < 1.29 is 14.3 Å². The van der Waals surface area contributed by atoms with E-state index >= 15 is 0 Å². The zero-order valence-electron chi connectivity index (χ0n) is 19.5. The Morgan fingerprint density at radius 1 is 0.914 bits per heavy atom. The van der Waals surface area contributed by atoms with Crippen LogP contribution in [0.2, 0.25) is 0 Å². The minimum absolute atomic E-state index is 0.0305. The normalized spacial score (nSPS) is 13.5. The number of hydrogen-bond acceptors (Lipinski definition) is 4. The summed E-state index contributed by atoms with van der Waals surface area (Å²) in [7, 11) is 0. The van der Waals surface area contributed by atoms with Gasteiger partial charge >= 0.3 is 0 Å². The number of carbonyl (C=O) groups excluding carboxylic acids is 2. The topological polar surface area (TPSA) is 76.5 Å². The first kappa shape index (κ1) is 22.6. The van der Waals surface area contributed by atoms with Gasteiger partial charge in [-0.1, -0.05) is 42.0 Å². The van der Waals surface area contributed by atoms with Crippen molar-refractivity contribution in [3.63, 3.8) is 0 Å². The Morgan fingerprint density at radius 3 is 2.37 bits per heavy atom. The first-order chi connectivity index (χ1) is 17.1. The van der Waals surface area contributed by atoms with Crippen molar-refractivity contribution in [1.29, 1.82) is 0 Å². The summed E-state index contributed by atoms with van der Waals surface area (Å²) in [5, 5.41) is 7.70. The van der Waals surface area contributed by atoms with Crippen LogP contribution in [0.4, 0.5) is 5.69 Å². The monoisotopic (exact) mass is 466 g/mol. The van der Waals surface area contributed by atoms with Gasteiger partial charge in [0.1, 0.15) is 5.69 Å². The molecule has 0 atom stereocenters. The number of rotatable bonds is 5. The van der Waals surface area contributed by atoms with Gasteiger partial charge in [0.2, 0.25) is 0 Å². The number of anilines is 1. The quantitative estimate of drug-likeness (QED) is 0.467. The summed E-state index contributed by atoms with van der Waals surface area (Å²) in [6.45, 7) is 4.30. The molecule has 0 aliphatic carbocycles. The van der Waals surface area contributed by atoms with Gasteiger partial charge in [0.05, 0.1) is 24.5 Å². The second kappa shape index (κ2) is 9.95. The van der Waals surface area contributed by atoms with E-state index in [1.165, 1.54) is 0 Å². The number of ether oxygens (including phenoxy) is 1. The second-order valence-electron chi connectivity index (χ2n) is 8.48. The summed E-state index contributed by atoms with van der Waals surface area (Å²) in [5.41, 5.74) is 5.09. The number of hydrogen-bond donors (Lipinski definition) is 1. The highest BCUT2D eigenvalue weighted by Crippen LogP contribution is 2.26. The fourth-order valence-electron chi connectivity index (χ4n) is 4.10. The smallest absolute Gasteiger partial charge is 0.259 e. The van der Waals surface area contributed by atoms with Crippen molar-refractivity contribution in [2.24, 2.45) is 0 Å². The summed E-state index contributed by atoms with van der Waals surface area (Å²) >= 11 is 0. The van der Waals surface area contributed by atoms with Crippen molar-refractivity contribution in [1.82, 2.24) is 14.7 Å². The van der Waals surface area contributed by atoms with Crippen LogP contribution in [0.5, 0.6) is 0 Å². The molecule has 0 saturated carbocycles. The van der Waals surface area contributed by atoms with Crippen LogP contribution in [0.1, 0.15) is 26.3 Å². The maximum atomic E-state index is 13.4. The van der Waals surface area contributed by atoms with Gasteiger partial charge in [-0.05, 0) is 49.4 Å². The second-order valence-corrected chi connectivity index (χ2v) is 8.48. The number of nitrogens with one attached hydrogen (secondary N) is 1. The van der Waals surface area contributed by atoms with Gasteiger partial charge in [-0.15, -0.1) is 0 Å². The average Bonchev–Trinajstić information content (AvgIpc) is 3.36. The molecule has 176 valence electrons. The molecule has 0 unspecified atom stereocenters. The van der Waals surface area contributed by atoms with E-state index in [9.17, 15) is 9.59 Å². The number of carbonyl (C=O) groups is 2. The molecule has 1 fully saturated rings. The van der Waals surface area contributed by atoms with Crippen LogP contribution in [-0.4, -0.2) is 52.8 Å². The lowest BCUT2D eigenvalue weighted by atomic mass is 10.1. The maximum Gasteiger partial charge on any atom is 0.259 e. The van der Waals surface area contributed by atoms with Gasteiger partial charge in [0.25, 0.3) is 11.8 Å². The third-order valence-electron chi connectivity index (χ3n) is 5.96. The van der Waals surface area contributed by atoms with E-state index in [4.69, 9.17) is 9.84 Å². The number of aryl methyl sites for hydroxylation is 1. The van der Waals surface area contributed by atoms with Crippen LogP contribution < -0.4 is 5.32 Å². The van der Waals surface area contributed by atoms with E-state index in [0.29, 0.717) is 48.8 Å². The van der Waals surface area contributed by atoms with E-state index in [0.717, 1.165) is 16.8 Å². The Labute approximate surface area is 204 Å². The number of morpholine rings is 1. The van der Waals surface area contributed by atoms with Crippen molar-refractivity contribution in [3.05, 3.63) is 102 Å². The maximum absolute atomic E-state index is 13.4. The van der Waals surface area contributed by atoms with E-state index in [1.807, 2.05) is 61.5 Å². The molecule has 1 aliphatic rings. The first-order valence-corrected chi connectivity index (χ1v) is 11.6. The van der Waals surface area contributed by atoms with Gasteiger partial charge in [0, 0.05) is 36.1 Å². The Kier molecular flexibility index (Phi) is 6.41. The summed E-state index contributed by atoms with van der Waals surface area (Å²) in [6.07, 6.45) is 1.75. The largest absolute Gasteiger partial charge is 0.378 e. The third-order valence-corrected chi connectivity index (χ3v) is 5.96. The average molecular weight is 467 g/mol. The van der Waals surface area contributed by atoms with Crippen LogP contribution in [-0.2, 0) is 4.74 Å². The molecular weight excluding hydrogens is 440 g/mol. The highest BCUT2D eigenvalue weighted by atomic mass is 16.5. The highest BCUT2D eigenvalue weighted by Gasteiger charge is 2.21. The first-order valence-electron chi connectivity index (χ1n) is 11.6. The zero-order valence-corrected chi connectivity index (χ0v) is 19.5. The molecule has 0 bridgehead atoms. The molecule has 2 amide bonds. The van der Waals surface area contributed by atoms with Gasteiger partial charge in [-0.25, -0.2) is 4.68 Å². The molecule has 35 heavy (non-hydrogen) atoms. The number of aromatic nitrogens is 2. The molecule has 2 heterocycles. The molecule has 7 heteroatoms. The van der Waals surface area contributed by atoms with Gasteiger partial charge < -0.3 is 15.0 Å². The molecule has 5 rings (SSSR count). The number of amides is 2. The highest BCUT2D eigenvalue weighted by molar-refractivity contribution is 6.08. The lowest BCUT2D eigenvalue weighted by molar-refractivity contribution is 0.0303. The predicted octanol–water partition coefficient (Wildman–Crippen LogP) is 4.57. The lowest BCUT2D eigenvalue weighted by Crippen LogP contribution is -2.40. The molecule has 1 aliphatic heterocycles. The zero-order chi connectivity index (χ0) is 24.2. The molecule has 1 aromatic heterocycles. The third kappa shape index (κ3) is 5.00. The van der Waals surface area contributed by atoms with Crippen LogP contribution in [0.15, 0.2) is 85.1 Å². The van der Waals surface area contributed by atoms with Crippen molar-refractivity contribution >= 4 is 17.5 Å². The van der Waals surface area contributed by atoms with Gasteiger partial charge in [-0.3, -0.25) is 9.59 Å². The number of para-hydroxylation sites is 1. The van der Waals surface area contributed by atoms with Crippen LogP contribution in [0.25, 0.3) is 16.9 Å². The van der Waals surface area contributed by atoms with E-state index in [1.54, 1.807) is 40.0 Å². The fraction of sp³-hybridized carbons (Fsp3) is 0.179. The van der Waals surface area contributed by atoms with Crippen molar-refractivity contribution in [2.45, 2.75) is 6.92 Å². The number of benzene rings is 3. The number of nitrogens with zero attached hydrogens (tertiary/aromatic N) is 3. The lowest BCUT2D eigenvalue weighted by Gasteiger charge is -2.26. The molecule has 4 aromatic rings. The fourth-order valence-corrected chi connectivity index (χ4v) is 4.10. The molecule has 7 nitrogen and oxygen atoms in total. The summed E-state index contributed by atoms with van der Waals surface area (Å²) in [4.78, 5) is 27.8. The molecule has 3 aromatic carbocycles. The van der Waals surface area contributed by atoms with Gasteiger partial charge in [0.15, 0.2) is 0 Å².